The molecule has 3 N–H and O–H groups in total. The van der Waals surface area contributed by atoms with E-state index in [1.165, 1.54) is 12.8 Å². The molecule has 0 bridgehead atoms. The van der Waals surface area contributed by atoms with Crippen molar-refractivity contribution in [3.05, 3.63) is 23.7 Å². The molecule has 0 saturated heterocycles. The zero-order chi connectivity index (χ0) is 12.3. The number of aliphatic hydroxyl groups is 1. The molecule has 1 heterocycles. The van der Waals surface area contributed by atoms with Crippen LogP contribution in [0.5, 0.6) is 0 Å². The third kappa shape index (κ3) is 2.55. The van der Waals surface area contributed by atoms with E-state index in [1.54, 1.807) is 0 Å². The molecule has 0 radical (unpaired) electrons. The van der Waals surface area contributed by atoms with E-state index in [-0.39, 0.29) is 5.41 Å². The van der Waals surface area contributed by atoms with Crippen molar-refractivity contribution in [1.29, 1.82) is 0 Å². The quantitative estimate of drug-likeness (QED) is 0.795. The maximum Gasteiger partial charge on any atom is 0.133 e. The first-order chi connectivity index (χ1) is 8.18. The molecule has 1 unspecified atom stereocenters. The lowest BCUT2D eigenvalue weighted by molar-refractivity contribution is 0.000844. The highest BCUT2D eigenvalue weighted by Crippen LogP contribution is 2.44. The average Bonchev–Trinajstić information content (AvgIpc) is 2.64. The van der Waals surface area contributed by atoms with Gasteiger partial charge in [0.05, 0.1) is 0 Å². The van der Waals surface area contributed by atoms with E-state index in [0.29, 0.717) is 12.3 Å². The average molecular weight is 237 g/mol. The Kier molecular flexibility index (Phi) is 3.89. The second kappa shape index (κ2) is 5.23. The number of hydrogen-bond donors (Lipinski definition) is 2. The minimum absolute atomic E-state index is 0.180. The molecule has 1 saturated carbocycles. The van der Waals surface area contributed by atoms with Gasteiger partial charge >= 0.3 is 0 Å². The molecule has 1 fully saturated rings. The number of rotatable bonds is 3. The summed E-state index contributed by atoms with van der Waals surface area (Å²) in [4.78, 5) is 0. The molecule has 0 aromatic carbocycles. The van der Waals surface area contributed by atoms with Crippen molar-refractivity contribution in [2.24, 2.45) is 11.1 Å². The summed E-state index contributed by atoms with van der Waals surface area (Å²) < 4.78 is 5.56. The molecule has 17 heavy (non-hydrogen) atoms. The molecule has 0 spiro atoms. The van der Waals surface area contributed by atoms with Gasteiger partial charge in [0, 0.05) is 12.0 Å². The lowest BCUT2D eigenvalue weighted by Gasteiger charge is -2.35. The SMILES string of the molecule is Cc1ccc(C(O)C2(CN)CCCCCC2)o1. The molecule has 3 nitrogen and oxygen atoms in total. The van der Waals surface area contributed by atoms with Crippen molar-refractivity contribution in [3.63, 3.8) is 0 Å². The smallest absolute Gasteiger partial charge is 0.133 e. The number of nitrogens with two attached hydrogens (primary N) is 1. The van der Waals surface area contributed by atoms with Crippen molar-refractivity contribution in [3.8, 4) is 0 Å². The molecule has 0 aliphatic heterocycles. The summed E-state index contributed by atoms with van der Waals surface area (Å²) in [5.41, 5.74) is 5.77. The monoisotopic (exact) mass is 237 g/mol. The summed E-state index contributed by atoms with van der Waals surface area (Å²) in [6, 6.07) is 3.78. The number of aliphatic hydroxyl groups excluding tert-OH is 1. The summed E-state index contributed by atoms with van der Waals surface area (Å²) in [6.45, 7) is 2.44. The van der Waals surface area contributed by atoms with Crippen LogP contribution in [0.2, 0.25) is 0 Å². The van der Waals surface area contributed by atoms with Gasteiger partial charge in [-0.15, -0.1) is 0 Å². The lowest BCUT2D eigenvalue weighted by Crippen LogP contribution is -2.36. The number of aryl methyl sites for hydroxylation is 1. The van der Waals surface area contributed by atoms with Crippen LogP contribution in [0.1, 0.15) is 56.1 Å². The van der Waals surface area contributed by atoms with E-state index in [4.69, 9.17) is 10.2 Å². The fraction of sp³-hybridized carbons (Fsp3) is 0.714. The van der Waals surface area contributed by atoms with Crippen molar-refractivity contribution < 1.29 is 9.52 Å². The van der Waals surface area contributed by atoms with Crippen molar-refractivity contribution in [2.75, 3.05) is 6.54 Å². The fourth-order valence-electron chi connectivity index (χ4n) is 2.92. The van der Waals surface area contributed by atoms with Gasteiger partial charge in [-0.05, 0) is 31.9 Å². The normalized spacial score (nSPS) is 22.1. The summed E-state index contributed by atoms with van der Waals surface area (Å²) in [7, 11) is 0. The van der Waals surface area contributed by atoms with E-state index in [2.05, 4.69) is 0 Å². The zero-order valence-electron chi connectivity index (χ0n) is 10.6. The zero-order valence-corrected chi connectivity index (χ0v) is 10.6. The van der Waals surface area contributed by atoms with Crippen LogP contribution in [0.15, 0.2) is 16.5 Å². The van der Waals surface area contributed by atoms with Crippen LogP contribution >= 0.6 is 0 Å². The van der Waals surface area contributed by atoms with Gasteiger partial charge in [0.1, 0.15) is 17.6 Å². The Bertz CT molecular complexity index is 351. The maximum absolute atomic E-state index is 10.6. The summed E-state index contributed by atoms with van der Waals surface area (Å²) in [5.74, 6) is 1.52. The Morgan fingerprint density at radius 1 is 1.29 bits per heavy atom. The lowest BCUT2D eigenvalue weighted by atomic mass is 9.74. The van der Waals surface area contributed by atoms with E-state index >= 15 is 0 Å². The molecular formula is C14H23NO2. The maximum atomic E-state index is 10.6. The molecule has 1 aromatic heterocycles. The van der Waals surface area contributed by atoms with Gasteiger partial charge in [-0.1, -0.05) is 25.7 Å². The third-order valence-electron chi connectivity index (χ3n) is 4.12. The molecule has 1 aromatic rings. The van der Waals surface area contributed by atoms with Gasteiger partial charge in [-0.25, -0.2) is 0 Å². The largest absolute Gasteiger partial charge is 0.464 e. The predicted molar refractivity (Wildman–Crippen MR) is 67.6 cm³/mol. The number of furan rings is 1. The first-order valence-corrected chi connectivity index (χ1v) is 6.62. The summed E-state index contributed by atoms with van der Waals surface area (Å²) in [5, 5.41) is 10.6. The Labute approximate surface area is 103 Å². The second-order valence-electron chi connectivity index (χ2n) is 5.33. The van der Waals surface area contributed by atoms with Gasteiger partial charge in [0.15, 0.2) is 0 Å². The molecule has 2 rings (SSSR count). The Morgan fingerprint density at radius 3 is 2.41 bits per heavy atom. The molecule has 1 aliphatic rings. The summed E-state index contributed by atoms with van der Waals surface area (Å²) >= 11 is 0. The molecule has 1 aliphatic carbocycles. The minimum Gasteiger partial charge on any atom is -0.464 e. The van der Waals surface area contributed by atoms with Gasteiger partial charge in [-0.2, -0.15) is 0 Å². The predicted octanol–water partition coefficient (Wildman–Crippen LogP) is 2.92. The number of hydrogen-bond acceptors (Lipinski definition) is 3. The van der Waals surface area contributed by atoms with Crippen LogP contribution in [-0.2, 0) is 0 Å². The van der Waals surface area contributed by atoms with Crippen LogP contribution < -0.4 is 5.73 Å². The molecule has 96 valence electrons. The summed E-state index contributed by atoms with van der Waals surface area (Å²) in [6.07, 6.45) is 6.29. The van der Waals surface area contributed by atoms with Gasteiger partial charge in [-0.3, -0.25) is 0 Å². The first kappa shape index (κ1) is 12.7. The Morgan fingerprint density at radius 2 is 1.94 bits per heavy atom. The third-order valence-corrected chi connectivity index (χ3v) is 4.12. The van der Waals surface area contributed by atoms with E-state index in [9.17, 15) is 5.11 Å². The second-order valence-corrected chi connectivity index (χ2v) is 5.33. The topological polar surface area (TPSA) is 59.4 Å². The molecule has 3 heteroatoms. The van der Waals surface area contributed by atoms with Crippen LogP contribution in [0.25, 0.3) is 0 Å². The van der Waals surface area contributed by atoms with Crippen LogP contribution in [0.3, 0.4) is 0 Å². The van der Waals surface area contributed by atoms with Crippen molar-refractivity contribution in [1.82, 2.24) is 0 Å². The van der Waals surface area contributed by atoms with E-state index in [0.717, 1.165) is 31.4 Å². The van der Waals surface area contributed by atoms with Crippen LogP contribution in [0.4, 0.5) is 0 Å². The first-order valence-electron chi connectivity index (χ1n) is 6.62. The van der Waals surface area contributed by atoms with Crippen molar-refractivity contribution in [2.45, 2.75) is 51.6 Å². The fourth-order valence-corrected chi connectivity index (χ4v) is 2.92. The highest BCUT2D eigenvalue weighted by atomic mass is 16.4. The van der Waals surface area contributed by atoms with E-state index < -0.39 is 6.10 Å². The Hall–Kier alpha value is -0.800. The van der Waals surface area contributed by atoms with Crippen LogP contribution in [-0.4, -0.2) is 11.7 Å². The molecule has 0 amide bonds. The Balaban J connectivity index is 2.21. The van der Waals surface area contributed by atoms with Gasteiger partial charge in [0.2, 0.25) is 0 Å². The van der Waals surface area contributed by atoms with Gasteiger partial charge in [0.25, 0.3) is 0 Å². The minimum atomic E-state index is -0.556. The highest BCUT2D eigenvalue weighted by Gasteiger charge is 2.39. The standard InChI is InChI=1S/C14H23NO2/c1-11-6-7-12(17-11)13(16)14(10-15)8-4-2-3-5-9-14/h6-7,13,16H,2-5,8-10,15H2,1H3. The van der Waals surface area contributed by atoms with Gasteiger partial charge < -0.3 is 15.3 Å². The van der Waals surface area contributed by atoms with Crippen LogP contribution in [0, 0.1) is 12.3 Å². The highest BCUT2D eigenvalue weighted by molar-refractivity contribution is 5.11. The molecular weight excluding hydrogens is 214 g/mol. The van der Waals surface area contributed by atoms with Crippen molar-refractivity contribution >= 4 is 0 Å². The molecule has 1 atom stereocenters. The van der Waals surface area contributed by atoms with E-state index in [1.807, 2.05) is 19.1 Å².